The monoisotopic (exact) mass is 444 g/mol. The maximum absolute atomic E-state index is 12.4. The summed E-state index contributed by atoms with van der Waals surface area (Å²) in [4.78, 5) is 18.8. The molecule has 0 saturated carbocycles. The molecule has 0 aliphatic rings. The second-order valence-corrected chi connectivity index (χ2v) is 8.70. The average molecular weight is 445 g/mol. The van der Waals surface area contributed by atoms with Gasteiger partial charge in [-0.25, -0.2) is 9.78 Å². The van der Waals surface area contributed by atoms with Gasteiger partial charge in [0.2, 0.25) is 5.95 Å². The summed E-state index contributed by atoms with van der Waals surface area (Å²) in [6.45, 7) is 5.43. The number of aromatic nitrogens is 2. The third kappa shape index (κ3) is 3.97. The number of anilines is 1. The number of carbonyl (C=O) groups is 1. The fourth-order valence-electron chi connectivity index (χ4n) is 3.74. The van der Waals surface area contributed by atoms with Crippen molar-refractivity contribution in [3.05, 3.63) is 69.4 Å². The lowest BCUT2D eigenvalue weighted by atomic mass is 9.99. The van der Waals surface area contributed by atoms with Crippen LogP contribution in [0.25, 0.3) is 22.2 Å². The van der Waals surface area contributed by atoms with Gasteiger partial charge in [-0.1, -0.05) is 49.4 Å². The molecule has 0 atom stereocenters. The smallest absolute Gasteiger partial charge is 0.350 e. The van der Waals surface area contributed by atoms with E-state index in [0.717, 1.165) is 51.5 Å². The molecule has 2 aromatic heterocycles. The molecule has 32 heavy (non-hydrogen) atoms. The summed E-state index contributed by atoms with van der Waals surface area (Å²) in [5.41, 5.74) is 5.26. The van der Waals surface area contributed by atoms with Gasteiger partial charge in [-0.05, 0) is 36.1 Å². The summed E-state index contributed by atoms with van der Waals surface area (Å²) < 4.78 is 7.08. The van der Waals surface area contributed by atoms with Gasteiger partial charge in [0.25, 0.3) is 0 Å². The first-order chi connectivity index (χ1) is 15.6. The number of rotatable bonds is 7. The van der Waals surface area contributed by atoms with Gasteiger partial charge in [0.15, 0.2) is 0 Å². The molecule has 6 nitrogen and oxygen atoms in total. The summed E-state index contributed by atoms with van der Waals surface area (Å²) >= 11 is 1.41. The van der Waals surface area contributed by atoms with Crippen molar-refractivity contribution in [3.8, 4) is 17.2 Å². The number of nitrogens with one attached hydrogen (secondary N) is 1. The Morgan fingerprint density at radius 3 is 2.66 bits per heavy atom. The number of hydrogen-bond donors (Lipinski definition) is 1. The SMILES string of the molecule is CCCNc1nc2c(C)sc(C(=O)OC)c2n1Cc1ccc(-c2ccccc2C#N)cc1. The Kier molecular flexibility index (Phi) is 6.24. The minimum atomic E-state index is -0.347. The number of methoxy groups -OCH3 is 1. The Balaban J connectivity index is 1.74. The van der Waals surface area contributed by atoms with Crippen LogP contribution in [0.15, 0.2) is 48.5 Å². The summed E-state index contributed by atoms with van der Waals surface area (Å²) in [6.07, 6.45) is 0.968. The molecular formula is C25H24N4O2S. The molecule has 0 unspecified atom stereocenters. The number of ether oxygens (including phenoxy) is 1. The number of aryl methyl sites for hydroxylation is 1. The summed E-state index contributed by atoms with van der Waals surface area (Å²) in [5.74, 6) is 0.400. The van der Waals surface area contributed by atoms with Crippen LogP contribution in [-0.4, -0.2) is 29.2 Å². The zero-order valence-corrected chi connectivity index (χ0v) is 19.1. The second-order valence-electron chi connectivity index (χ2n) is 7.48. The molecule has 0 saturated heterocycles. The van der Waals surface area contributed by atoms with Gasteiger partial charge >= 0.3 is 5.97 Å². The summed E-state index contributed by atoms with van der Waals surface area (Å²) in [7, 11) is 1.40. The lowest BCUT2D eigenvalue weighted by Crippen LogP contribution is -2.10. The fourth-order valence-corrected chi connectivity index (χ4v) is 4.76. The van der Waals surface area contributed by atoms with E-state index in [1.54, 1.807) is 0 Å². The zero-order valence-electron chi connectivity index (χ0n) is 18.3. The van der Waals surface area contributed by atoms with Crippen molar-refractivity contribution in [2.24, 2.45) is 0 Å². The summed E-state index contributed by atoms with van der Waals surface area (Å²) in [6, 6.07) is 18.0. The van der Waals surface area contributed by atoms with Crippen molar-refractivity contribution in [2.75, 3.05) is 19.0 Å². The molecule has 1 N–H and O–H groups in total. The molecular weight excluding hydrogens is 420 g/mol. The lowest BCUT2D eigenvalue weighted by molar-refractivity contribution is 0.0608. The van der Waals surface area contributed by atoms with Crippen LogP contribution in [0, 0.1) is 18.3 Å². The zero-order chi connectivity index (χ0) is 22.7. The van der Waals surface area contributed by atoms with E-state index in [0.29, 0.717) is 17.0 Å². The fraction of sp³-hybridized carbons (Fsp3) is 0.240. The van der Waals surface area contributed by atoms with E-state index in [1.165, 1.54) is 18.4 Å². The van der Waals surface area contributed by atoms with Gasteiger partial charge in [0.05, 0.1) is 30.8 Å². The van der Waals surface area contributed by atoms with Gasteiger partial charge in [0.1, 0.15) is 10.4 Å². The highest BCUT2D eigenvalue weighted by Crippen LogP contribution is 2.34. The van der Waals surface area contributed by atoms with Gasteiger partial charge in [-0.2, -0.15) is 5.26 Å². The number of nitrogens with zero attached hydrogens (tertiary/aromatic N) is 3. The van der Waals surface area contributed by atoms with Crippen molar-refractivity contribution in [1.29, 1.82) is 5.26 Å². The van der Waals surface area contributed by atoms with Crippen molar-refractivity contribution in [1.82, 2.24) is 9.55 Å². The Morgan fingerprint density at radius 2 is 1.97 bits per heavy atom. The molecule has 0 radical (unpaired) electrons. The maximum atomic E-state index is 12.4. The molecule has 7 heteroatoms. The topological polar surface area (TPSA) is 79.9 Å². The average Bonchev–Trinajstić information content (AvgIpc) is 3.34. The van der Waals surface area contributed by atoms with Crippen LogP contribution in [-0.2, 0) is 11.3 Å². The van der Waals surface area contributed by atoms with E-state index in [1.807, 2.05) is 43.3 Å². The third-order valence-corrected chi connectivity index (χ3v) is 6.39. The van der Waals surface area contributed by atoms with Crippen LogP contribution in [0.3, 0.4) is 0 Å². The van der Waals surface area contributed by atoms with Crippen LogP contribution >= 0.6 is 11.3 Å². The number of imidazole rings is 1. The van der Waals surface area contributed by atoms with Gasteiger partial charge in [-0.15, -0.1) is 11.3 Å². The highest BCUT2D eigenvalue weighted by atomic mass is 32.1. The van der Waals surface area contributed by atoms with Gasteiger partial charge in [-0.3, -0.25) is 0 Å². The van der Waals surface area contributed by atoms with Crippen molar-refractivity contribution >= 4 is 34.3 Å². The quantitative estimate of drug-likeness (QED) is 0.375. The second kappa shape index (κ2) is 9.25. The number of thiophene rings is 1. The highest BCUT2D eigenvalue weighted by molar-refractivity contribution is 7.15. The van der Waals surface area contributed by atoms with Gasteiger partial charge in [0, 0.05) is 11.4 Å². The van der Waals surface area contributed by atoms with Crippen LogP contribution in [0.1, 0.15) is 39.0 Å². The Morgan fingerprint density at radius 1 is 1.22 bits per heavy atom. The van der Waals surface area contributed by atoms with E-state index >= 15 is 0 Å². The Hall–Kier alpha value is -3.63. The van der Waals surface area contributed by atoms with Crippen LogP contribution in [0.2, 0.25) is 0 Å². The Labute approximate surface area is 191 Å². The minimum Gasteiger partial charge on any atom is -0.465 e. The first kappa shape index (κ1) is 21.6. The maximum Gasteiger partial charge on any atom is 0.350 e. The van der Waals surface area contributed by atoms with Crippen LogP contribution in [0.5, 0.6) is 0 Å². The van der Waals surface area contributed by atoms with E-state index < -0.39 is 0 Å². The molecule has 162 valence electrons. The predicted molar refractivity (Wildman–Crippen MR) is 128 cm³/mol. The molecule has 2 aromatic carbocycles. The van der Waals surface area contributed by atoms with Crippen molar-refractivity contribution < 1.29 is 9.53 Å². The molecule has 2 heterocycles. The largest absolute Gasteiger partial charge is 0.465 e. The molecule has 4 rings (SSSR count). The number of fused-ring (bicyclic) bond motifs is 1. The third-order valence-electron chi connectivity index (χ3n) is 5.33. The van der Waals surface area contributed by atoms with E-state index in [4.69, 9.17) is 9.72 Å². The number of carbonyl (C=O) groups excluding carboxylic acids is 1. The number of benzene rings is 2. The van der Waals surface area contributed by atoms with Crippen molar-refractivity contribution in [2.45, 2.75) is 26.8 Å². The first-order valence-corrected chi connectivity index (χ1v) is 11.3. The first-order valence-electron chi connectivity index (χ1n) is 10.5. The van der Waals surface area contributed by atoms with E-state index in [-0.39, 0.29) is 5.97 Å². The lowest BCUT2D eigenvalue weighted by Gasteiger charge is -2.12. The summed E-state index contributed by atoms with van der Waals surface area (Å²) in [5, 5.41) is 12.8. The molecule has 4 aromatic rings. The predicted octanol–water partition coefficient (Wildman–Crippen LogP) is 5.60. The van der Waals surface area contributed by atoms with Crippen LogP contribution in [0.4, 0.5) is 5.95 Å². The van der Waals surface area contributed by atoms with Gasteiger partial charge < -0.3 is 14.6 Å². The molecule has 0 aliphatic carbocycles. The van der Waals surface area contributed by atoms with E-state index in [2.05, 4.69) is 35.0 Å². The molecule has 0 amide bonds. The standard InChI is InChI=1S/C25H24N4O2S/c1-4-13-27-25-28-21-16(2)32-23(24(30)31-3)22(21)29(25)15-17-9-11-18(12-10-17)20-8-6-5-7-19(20)14-26/h5-12H,4,13,15H2,1-3H3,(H,27,28). The molecule has 0 bridgehead atoms. The number of hydrogen-bond acceptors (Lipinski definition) is 6. The Bertz CT molecular complexity index is 1310. The molecule has 0 spiro atoms. The minimum absolute atomic E-state index is 0.347. The van der Waals surface area contributed by atoms with Crippen LogP contribution < -0.4 is 5.32 Å². The number of esters is 1. The normalized spacial score (nSPS) is 10.8. The highest BCUT2D eigenvalue weighted by Gasteiger charge is 2.23. The van der Waals surface area contributed by atoms with Crippen molar-refractivity contribution in [3.63, 3.8) is 0 Å². The molecule has 0 fully saturated rings. The molecule has 0 aliphatic heterocycles. The van der Waals surface area contributed by atoms with E-state index in [9.17, 15) is 10.1 Å². The number of nitriles is 1.